The van der Waals surface area contributed by atoms with Crippen LogP contribution in [0.5, 0.6) is 0 Å². The van der Waals surface area contributed by atoms with Gasteiger partial charge in [-0.15, -0.1) is 10.2 Å². The Kier molecular flexibility index (Phi) is 3.16. The van der Waals surface area contributed by atoms with Crippen LogP contribution in [0.4, 0.5) is 0 Å². The van der Waals surface area contributed by atoms with Crippen molar-refractivity contribution < 1.29 is 13.6 Å². The van der Waals surface area contributed by atoms with E-state index in [1.165, 1.54) is 0 Å². The topological polar surface area (TPSA) is 95.1 Å². The average molecular weight is 319 g/mol. The van der Waals surface area contributed by atoms with Crippen molar-refractivity contribution in [2.45, 2.75) is 6.92 Å². The highest BCUT2D eigenvalue weighted by atomic mass is 16.4. The van der Waals surface area contributed by atoms with Gasteiger partial charge in [0.25, 0.3) is 0 Å². The van der Waals surface area contributed by atoms with Crippen molar-refractivity contribution in [3.63, 3.8) is 0 Å². The van der Waals surface area contributed by atoms with Crippen molar-refractivity contribution in [1.29, 1.82) is 0 Å². The number of nitrogens with zero attached hydrogens (tertiary/aromatic N) is 2. The fourth-order valence-corrected chi connectivity index (χ4v) is 2.61. The van der Waals surface area contributed by atoms with E-state index in [9.17, 15) is 4.79 Å². The van der Waals surface area contributed by atoms with Crippen LogP contribution in [0.3, 0.4) is 0 Å². The molecule has 2 aromatic carbocycles. The quantitative estimate of drug-likeness (QED) is 0.623. The maximum Gasteiger partial charge on any atom is 0.248 e. The summed E-state index contributed by atoms with van der Waals surface area (Å²) in [6, 6.07) is 12.8. The molecule has 0 atom stereocenters. The van der Waals surface area contributed by atoms with Gasteiger partial charge >= 0.3 is 0 Å². The second kappa shape index (κ2) is 5.34. The van der Waals surface area contributed by atoms with Crippen LogP contribution in [0.1, 0.15) is 16.2 Å². The fraction of sp³-hybridized carbons (Fsp3) is 0.0556. The number of carbonyl (C=O) groups excluding carboxylic acids is 1. The monoisotopic (exact) mass is 319 g/mol. The van der Waals surface area contributed by atoms with Crippen molar-refractivity contribution in [3.05, 3.63) is 60.2 Å². The molecule has 0 aliphatic rings. The third kappa shape index (κ3) is 2.34. The van der Waals surface area contributed by atoms with Crippen LogP contribution in [-0.4, -0.2) is 16.1 Å². The van der Waals surface area contributed by atoms with Crippen molar-refractivity contribution in [1.82, 2.24) is 10.2 Å². The standard InChI is InChI=1S/C18H13N3O3/c1-10-20-21-18(24-10)13-6-7-16-14(8-13)15(9-23-16)11-2-4-12(5-3-11)17(19)22/h2-9H,1H3,(H2,19,22). The van der Waals surface area contributed by atoms with E-state index < -0.39 is 5.91 Å². The lowest BCUT2D eigenvalue weighted by atomic mass is 10.0. The summed E-state index contributed by atoms with van der Waals surface area (Å²) in [6.07, 6.45) is 1.69. The molecule has 2 heterocycles. The van der Waals surface area contributed by atoms with E-state index in [2.05, 4.69) is 10.2 Å². The van der Waals surface area contributed by atoms with Crippen molar-refractivity contribution >= 4 is 16.9 Å². The molecule has 0 spiro atoms. The van der Waals surface area contributed by atoms with Crippen LogP contribution in [0.25, 0.3) is 33.6 Å². The average Bonchev–Trinajstić information content (AvgIpc) is 3.20. The Labute approximate surface area is 136 Å². The first-order chi connectivity index (χ1) is 11.6. The van der Waals surface area contributed by atoms with Gasteiger partial charge < -0.3 is 14.6 Å². The zero-order valence-electron chi connectivity index (χ0n) is 12.8. The zero-order valence-corrected chi connectivity index (χ0v) is 12.8. The summed E-state index contributed by atoms with van der Waals surface area (Å²) in [5.74, 6) is 0.526. The molecule has 2 aromatic heterocycles. The third-order valence-corrected chi connectivity index (χ3v) is 3.83. The molecule has 0 bridgehead atoms. The smallest absolute Gasteiger partial charge is 0.248 e. The molecule has 0 aliphatic carbocycles. The molecular formula is C18H13N3O3. The minimum atomic E-state index is -0.451. The van der Waals surface area contributed by atoms with E-state index in [1.807, 2.05) is 30.3 Å². The number of furan rings is 1. The Morgan fingerprint density at radius 1 is 1.04 bits per heavy atom. The highest BCUT2D eigenvalue weighted by molar-refractivity contribution is 5.97. The summed E-state index contributed by atoms with van der Waals surface area (Å²) in [5.41, 5.74) is 9.16. The summed E-state index contributed by atoms with van der Waals surface area (Å²) in [4.78, 5) is 11.2. The van der Waals surface area contributed by atoms with Crippen molar-refractivity contribution in [2.75, 3.05) is 0 Å². The Bertz CT molecular complexity index is 1050. The molecule has 0 aliphatic heterocycles. The predicted molar refractivity (Wildman–Crippen MR) is 88.2 cm³/mol. The van der Waals surface area contributed by atoms with Crippen molar-refractivity contribution in [3.8, 4) is 22.6 Å². The van der Waals surface area contributed by atoms with Crippen LogP contribution in [-0.2, 0) is 0 Å². The molecule has 6 heteroatoms. The van der Waals surface area contributed by atoms with Gasteiger partial charge in [-0.1, -0.05) is 12.1 Å². The van der Waals surface area contributed by atoms with Crippen LogP contribution in [0, 0.1) is 6.92 Å². The Morgan fingerprint density at radius 2 is 1.79 bits per heavy atom. The maximum absolute atomic E-state index is 11.2. The number of fused-ring (bicyclic) bond motifs is 1. The lowest BCUT2D eigenvalue weighted by Gasteiger charge is -2.01. The number of hydrogen-bond acceptors (Lipinski definition) is 5. The minimum Gasteiger partial charge on any atom is -0.464 e. The maximum atomic E-state index is 11.2. The van der Waals surface area contributed by atoms with Crippen LogP contribution in [0.2, 0.25) is 0 Å². The molecule has 1 amide bonds. The molecule has 0 radical (unpaired) electrons. The normalized spacial score (nSPS) is 11.0. The van der Waals surface area contributed by atoms with Gasteiger partial charge in [-0.25, -0.2) is 0 Å². The van der Waals surface area contributed by atoms with Gasteiger partial charge in [-0.05, 0) is 35.9 Å². The zero-order chi connectivity index (χ0) is 16.7. The first-order valence-electron chi connectivity index (χ1n) is 7.34. The molecule has 6 nitrogen and oxygen atoms in total. The number of carbonyl (C=O) groups is 1. The summed E-state index contributed by atoms with van der Waals surface area (Å²) < 4.78 is 11.1. The number of rotatable bonds is 3. The Hall–Kier alpha value is -3.41. The van der Waals surface area contributed by atoms with Gasteiger partial charge in [0.15, 0.2) is 0 Å². The van der Waals surface area contributed by atoms with Gasteiger partial charge in [-0.3, -0.25) is 4.79 Å². The fourth-order valence-electron chi connectivity index (χ4n) is 2.61. The number of amides is 1. The molecule has 0 unspecified atom stereocenters. The number of aromatic nitrogens is 2. The predicted octanol–water partition coefficient (Wildman–Crippen LogP) is 3.56. The van der Waals surface area contributed by atoms with E-state index >= 15 is 0 Å². The third-order valence-electron chi connectivity index (χ3n) is 3.83. The van der Waals surface area contributed by atoms with Gasteiger partial charge in [-0.2, -0.15) is 0 Å². The van der Waals surface area contributed by atoms with E-state index in [0.717, 1.165) is 27.7 Å². The second-order valence-corrected chi connectivity index (χ2v) is 5.43. The molecule has 2 N–H and O–H groups in total. The van der Waals surface area contributed by atoms with Gasteiger partial charge in [0.2, 0.25) is 17.7 Å². The lowest BCUT2D eigenvalue weighted by Crippen LogP contribution is -2.10. The molecular weight excluding hydrogens is 306 g/mol. The number of benzene rings is 2. The molecule has 118 valence electrons. The molecule has 0 saturated carbocycles. The second-order valence-electron chi connectivity index (χ2n) is 5.43. The summed E-state index contributed by atoms with van der Waals surface area (Å²) >= 11 is 0. The first kappa shape index (κ1) is 14.2. The van der Waals surface area contributed by atoms with E-state index in [4.69, 9.17) is 14.6 Å². The Balaban J connectivity index is 1.82. The van der Waals surface area contributed by atoms with Crippen LogP contribution in [0.15, 0.2) is 57.6 Å². The van der Waals surface area contributed by atoms with Crippen LogP contribution >= 0.6 is 0 Å². The van der Waals surface area contributed by atoms with Crippen LogP contribution < -0.4 is 5.73 Å². The largest absolute Gasteiger partial charge is 0.464 e. The van der Waals surface area contributed by atoms with Gasteiger partial charge in [0.05, 0.1) is 6.26 Å². The molecule has 4 aromatic rings. The van der Waals surface area contributed by atoms with Crippen molar-refractivity contribution in [2.24, 2.45) is 5.73 Å². The summed E-state index contributed by atoms with van der Waals surface area (Å²) in [5, 5.41) is 8.82. The SMILES string of the molecule is Cc1nnc(-c2ccc3occ(-c4ccc(C(N)=O)cc4)c3c2)o1. The molecule has 0 saturated heterocycles. The van der Waals surface area contributed by atoms with E-state index in [0.29, 0.717) is 17.3 Å². The highest BCUT2D eigenvalue weighted by Crippen LogP contribution is 2.33. The van der Waals surface area contributed by atoms with E-state index in [1.54, 1.807) is 25.3 Å². The molecule has 4 rings (SSSR count). The van der Waals surface area contributed by atoms with E-state index in [-0.39, 0.29) is 0 Å². The number of primary amides is 1. The number of aryl methyl sites for hydroxylation is 1. The number of hydrogen-bond donors (Lipinski definition) is 1. The number of nitrogens with two attached hydrogens (primary N) is 1. The van der Waals surface area contributed by atoms with Gasteiger partial charge in [0.1, 0.15) is 5.58 Å². The highest BCUT2D eigenvalue weighted by Gasteiger charge is 2.13. The summed E-state index contributed by atoms with van der Waals surface area (Å²) in [6.45, 7) is 1.75. The first-order valence-corrected chi connectivity index (χ1v) is 7.34. The lowest BCUT2D eigenvalue weighted by molar-refractivity contribution is 0.100. The van der Waals surface area contributed by atoms with Gasteiger partial charge in [0, 0.05) is 29.0 Å². The Morgan fingerprint density at radius 3 is 2.46 bits per heavy atom. The minimum absolute atomic E-state index is 0.451. The molecule has 24 heavy (non-hydrogen) atoms. The molecule has 0 fully saturated rings. The summed E-state index contributed by atoms with van der Waals surface area (Å²) in [7, 11) is 0.